The zero-order valence-electron chi connectivity index (χ0n) is 20.5. The van der Waals surface area contributed by atoms with Crippen molar-refractivity contribution in [3.8, 4) is 28.6 Å². The SMILES string of the molecule is C[C@@H]1O[C@@H](Oc2cc(O)c3c(=O)cc(-c4ccc(O)cc4)oc3c2)[C@H](O)[C@H](O)[C@H]1O[C@@H]1OC[C@@H](O)[C@H](O)[C@H]1O. The van der Waals surface area contributed by atoms with Crippen LogP contribution in [0.25, 0.3) is 22.3 Å². The number of phenolic OH excluding ortho intramolecular Hbond substituents is 2. The summed E-state index contributed by atoms with van der Waals surface area (Å²) in [5, 5.41) is 70.9. The highest BCUT2D eigenvalue weighted by molar-refractivity contribution is 5.86. The highest BCUT2D eigenvalue weighted by atomic mass is 16.7. The summed E-state index contributed by atoms with van der Waals surface area (Å²) in [5.74, 6) is -0.286. The molecule has 2 aliphatic rings. The first-order valence-electron chi connectivity index (χ1n) is 12.1. The summed E-state index contributed by atoms with van der Waals surface area (Å²) in [4.78, 5) is 12.7. The highest BCUT2D eigenvalue weighted by Crippen LogP contribution is 2.34. The number of hydrogen-bond acceptors (Lipinski definition) is 13. The summed E-state index contributed by atoms with van der Waals surface area (Å²) in [5.41, 5.74) is -0.0447. The second kappa shape index (κ2) is 10.7. The van der Waals surface area contributed by atoms with E-state index in [0.29, 0.717) is 5.56 Å². The van der Waals surface area contributed by atoms with E-state index < -0.39 is 66.5 Å². The van der Waals surface area contributed by atoms with Gasteiger partial charge in [0.1, 0.15) is 70.6 Å². The molecule has 1 aromatic heterocycles. The molecule has 0 saturated carbocycles. The molecular formula is C26H28O13. The fourth-order valence-corrected chi connectivity index (χ4v) is 4.56. The monoisotopic (exact) mass is 548 g/mol. The Morgan fingerprint density at radius 2 is 1.56 bits per heavy atom. The second-order valence-corrected chi connectivity index (χ2v) is 9.50. The lowest BCUT2D eigenvalue weighted by Gasteiger charge is -2.44. The van der Waals surface area contributed by atoms with Gasteiger partial charge in [-0.25, -0.2) is 0 Å². The number of aromatic hydroxyl groups is 2. The van der Waals surface area contributed by atoms with Gasteiger partial charge in [0.25, 0.3) is 0 Å². The van der Waals surface area contributed by atoms with Crippen molar-refractivity contribution in [2.75, 3.05) is 6.61 Å². The van der Waals surface area contributed by atoms with Gasteiger partial charge in [0.05, 0.1) is 12.7 Å². The average molecular weight is 548 g/mol. The fraction of sp³-hybridized carbons (Fsp3) is 0.423. The molecular weight excluding hydrogens is 520 g/mol. The van der Waals surface area contributed by atoms with Gasteiger partial charge in [-0.3, -0.25) is 4.79 Å². The van der Waals surface area contributed by atoms with Gasteiger partial charge in [0, 0.05) is 23.8 Å². The van der Waals surface area contributed by atoms with E-state index in [1.165, 1.54) is 31.2 Å². The van der Waals surface area contributed by atoms with Gasteiger partial charge in [-0.2, -0.15) is 0 Å². The van der Waals surface area contributed by atoms with E-state index >= 15 is 0 Å². The Bertz CT molecular complexity index is 1370. The molecule has 2 saturated heterocycles. The van der Waals surface area contributed by atoms with Crippen molar-refractivity contribution in [1.29, 1.82) is 0 Å². The molecule has 13 nitrogen and oxygen atoms in total. The van der Waals surface area contributed by atoms with Gasteiger partial charge < -0.3 is 59.1 Å². The molecule has 2 aliphatic heterocycles. The van der Waals surface area contributed by atoms with E-state index in [1.807, 2.05) is 0 Å². The van der Waals surface area contributed by atoms with Crippen molar-refractivity contribution in [3.05, 3.63) is 52.7 Å². The van der Waals surface area contributed by atoms with Crippen LogP contribution in [0.3, 0.4) is 0 Å². The molecule has 0 bridgehead atoms. The topological polar surface area (TPSA) is 209 Å². The lowest BCUT2D eigenvalue weighted by molar-refractivity contribution is -0.334. The standard InChI is InChI=1S/C26H28O13/c1-10-24(39-25-22(33)20(31)16(30)9-35-25)21(32)23(34)26(36-10)37-13-6-14(28)19-15(29)8-17(38-18(19)7-13)11-2-4-12(27)5-3-11/h2-8,10,16,20-28,30-34H,9H2,1H3/t10-,16+,20-,21-,22+,23+,24-,25-,26-/m0/s1. The van der Waals surface area contributed by atoms with Gasteiger partial charge in [-0.05, 0) is 31.2 Å². The third-order valence-electron chi connectivity index (χ3n) is 6.71. The minimum atomic E-state index is -1.67. The van der Waals surface area contributed by atoms with Crippen molar-refractivity contribution in [2.45, 2.75) is 62.2 Å². The van der Waals surface area contributed by atoms with E-state index in [9.17, 15) is 40.5 Å². The van der Waals surface area contributed by atoms with Crippen molar-refractivity contribution >= 4 is 11.0 Å². The molecule has 3 heterocycles. The van der Waals surface area contributed by atoms with E-state index in [1.54, 1.807) is 12.1 Å². The number of aliphatic hydroxyl groups is 5. The second-order valence-electron chi connectivity index (χ2n) is 9.50. The van der Waals surface area contributed by atoms with E-state index in [4.69, 9.17) is 23.4 Å². The minimum Gasteiger partial charge on any atom is -0.508 e. The maximum atomic E-state index is 12.7. The van der Waals surface area contributed by atoms with Gasteiger partial charge >= 0.3 is 0 Å². The number of hydrogen-bond donors (Lipinski definition) is 7. The van der Waals surface area contributed by atoms with Gasteiger partial charge in [-0.15, -0.1) is 0 Å². The third-order valence-corrected chi connectivity index (χ3v) is 6.71. The molecule has 0 amide bonds. The van der Waals surface area contributed by atoms with Crippen LogP contribution in [0.4, 0.5) is 0 Å². The Morgan fingerprint density at radius 1 is 0.872 bits per heavy atom. The molecule has 3 aromatic rings. The average Bonchev–Trinajstić information content (AvgIpc) is 2.89. The number of aliphatic hydroxyl groups excluding tert-OH is 5. The zero-order valence-corrected chi connectivity index (χ0v) is 20.5. The van der Waals surface area contributed by atoms with Gasteiger partial charge in [0.2, 0.25) is 6.29 Å². The van der Waals surface area contributed by atoms with Crippen LogP contribution in [-0.4, -0.2) is 97.7 Å². The van der Waals surface area contributed by atoms with Crippen LogP contribution in [0.1, 0.15) is 6.92 Å². The Hall–Kier alpha value is -3.27. The van der Waals surface area contributed by atoms with E-state index in [2.05, 4.69) is 0 Å². The number of benzene rings is 2. The number of phenols is 2. The molecule has 13 heteroatoms. The zero-order chi connectivity index (χ0) is 28.0. The molecule has 0 unspecified atom stereocenters. The molecule has 0 radical (unpaired) electrons. The fourth-order valence-electron chi connectivity index (χ4n) is 4.56. The van der Waals surface area contributed by atoms with Crippen molar-refractivity contribution in [1.82, 2.24) is 0 Å². The van der Waals surface area contributed by atoms with Crippen molar-refractivity contribution < 1.29 is 59.1 Å². The van der Waals surface area contributed by atoms with E-state index in [-0.39, 0.29) is 34.8 Å². The summed E-state index contributed by atoms with van der Waals surface area (Å²) in [6.07, 6.45) is -12.7. The van der Waals surface area contributed by atoms with Crippen LogP contribution >= 0.6 is 0 Å². The molecule has 0 spiro atoms. The van der Waals surface area contributed by atoms with Crippen LogP contribution in [0.2, 0.25) is 0 Å². The normalized spacial score (nSPS) is 33.2. The largest absolute Gasteiger partial charge is 0.508 e. The Morgan fingerprint density at radius 3 is 2.28 bits per heavy atom. The lowest BCUT2D eigenvalue weighted by Crippen LogP contribution is -2.62. The van der Waals surface area contributed by atoms with Crippen molar-refractivity contribution in [3.63, 3.8) is 0 Å². The van der Waals surface area contributed by atoms with Crippen LogP contribution in [0.5, 0.6) is 17.2 Å². The third kappa shape index (κ3) is 5.31. The molecule has 5 rings (SSSR count). The van der Waals surface area contributed by atoms with Gasteiger partial charge in [-0.1, -0.05) is 0 Å². The van der Waals surface area contributed by atoms with Crippen molar-refractivity contribution in [2.24, 2.45) is 0 Å². The summed E-state index contributed by atoms with van der Waals surface area (Å²) < 4.78 is 28.0. The summed E-state index contributed by atoms with van der Waals surface area (Å²) in [7, 11) is 0. The predicted molar refractivity (Wildman–Crippen MR) is 131 cm³/mol. The summed E-state index contributed by atoms with van der Waals surface area (Å²) in [6, 6.07) is 9.60. The maximum absolute atomic E-state index is 12.7. The van der Waals surface area contributed by atoms with Crippen LogP contribution in [0, 0.1) is 0 Å². The molecule has 9 atom stereocenters. The first-order chi connectivity index (χ1) is 18.5. The minimum absolute atomic E-state index is 0.0233. The Balaban J connectivity index is 1.35. The van der Waals surface area contributed by atoms with Crippen LogP contribution < -0.4 is 10.2 Å². The van der Waals surface area contributed by atoms with Gasteiger partial charge in [0.15, 0.2) is 11.7 Å². The van der Waals surface area contributed by atoms with Crippen LogP contribution in [-0.2, 0) is 14.2 Å². The Labute approximate surface area is 220 Å². The molecule has 39 heavy (non-hydrogen) atoms. The number of ether oxygens (including phenoxy) is 4. The summed E-state index contributed by atoms with van der Waals surface area (Å²) >= 11 is 0. The smallest absolute Gasteiger partial charge is 0.229 e. The molecule has 2 aromatic carbocycles. The first-order valence-corrected chi connectivity index (χ1v) is 12.1. The quantitative estimate of drug-likeness (QED) is 0.216. The first kappa shape index (κ1) is 27.3. The maximum Gasteiger partial charge on any atom is 0.229 e. The summed E-state index contributed by atoms with van der Waals surface area (Å²) in [6.45, 7) is 1.20. The molecule has 7 N–H and O–H groups in total. The lowest BCUT2D eigenvalue weighted by atomic mass is 9.99. The van der Waals surface area contributed by atoms with Crippen LogP contribution in [0.15, 0.2) is 51.7 Å². The van der Waals surface area contributed by atoms with E-state index in [0.717, 1.165) is 6.07 Å². The molecule has 210 valence electrons. The number of fused-ring (bicyclic) bond motifs is 1. The predicted octanol–water partition coefficient (Wildman–Crippen LogP) is -0.459. The highest BCUT2D eigenvalue weighted by Gasteiger charge is 2.48. The molecule has 2 fully saturated rings. The molecule has 0 aliphatic carbocycles. The number of rotatable bonds is 5. The Kier molecular flexibility index (Phi) is 7.50.